The maximum absolute atomic E-state index is 12.5. The van der Waals surface area contributed by atoms with Gasteiger partial charge in [0.2, 0.25) is 15.9 Å². The molecule has 7 nitrogen and oxygen atoms in total. The molecule has 0 fully saturated rings. The van der Waals surface area contributed by atoms with Gasteiger partial charge < -0.3 is 5.32 Å². The number of rotatable bonds is 10. The third-order valence-corrected chi connectivity index (χ3v) is 7.12. The summed E-state index contributed by atoms with van der Waals surface area (Å²) >= 11 is 0. The number of hydrogen-bond acceptors (Lipinski definition) is 4. The molecule has 0 radical (unpaired) electrons. The molecule has 1 heterocycles. The Bertz CT molecular complexity index is 1090. The molecule has 0 aliphatic rings. The molecule has 0 aliphatic heterocycles. The number of sulfonamides is 1. The first-order valence-electron chi connectivity index (χ1n) is 10.4. The van der Waals surface area contributed by atoms with E-state index in [1.807, 2.05) is 50.4 Å². The van der Waals surface area contributed by atoms with Gasteiger partial charge in [-0.05, 0) is 36.2 Å². The van der Waals surface area contributed by atoms with Crippen LogP contribution in [-0.2, 0) is 27.8 Å². The number of carbonyl (C=O) groups is 1. The molecule has 0 saturated heterocycles. The maximum atomic E-state index is 12.5. The van der Waals surface area contributed by atoms with Crippen LogP contribution in [0.3, 0.4) is 0 Å². The lowest BCUT2D eigenvalue weighted by molar-refractivity contribution is -0.121. The highest BCUT2D eigenvalue weighted by molar-refractivity contribution is 7.89. The molecule has 1 amide bonds. The van der Waals surface area contributed by atoms with Crippen molar-refractivity contribution >= 4 is 15.9 Å². The van der Waals surface area contributed by atoms with E-state index in [1.165, 1.54) is 4.31 Å². The summed E-state index contributed by atoms with van der Waals surface area (Å²) in [6, 6.07) is 16.5. The summed E-state index contributed by atoms with van der Waals surface area (Å²) in [5, 5.41) is 7.23. The Labute approximate surface area is 183 Å². The van der Waals surface area contributed by atoms with Gasteiger partial charge in [-0.2, -0.15) is 9.40 Å². The highest BCUT2D eigenvalue weighted by Crippen LogP contribution is 2.17. The summed E-state index contributed by atoms with van der Waals surface area (Å²) in [5.41, 5.74) is 2.81. The van der Waals surface area contributed by atoms with Crippen LogP contribution < -0.4 is 5.32 Å². The minimum absolute atomic E-state index is 0.0627. The second-order valence-corrected chi connectivity index (χ2v) is 9.08. The second kappa shape index (κ2) is 10.4. The smallest absolute Gasteiger partial charge is 0.243 e. The average molecular weight is 441 g/mol. The second-order valence-electron chi connectivity index (χ2n) is 7.14. The quantitative estimate of drug-likeness (QED) is 0.525. The van der Waals surface area contributed by atoms with Crippen LogP contribution in [0.2, 0.25) is 0 Å². The Morgan fingerprint density at radius 1 is 1.00 bits per heavy atom. The van der Waals surface area contributed by atoms with Crippen molar-refractivity contribution in [3.8, 4) is 5.69 Å². The molecule has 31 heavy (non-hydrogen) atoms. The molecule has 1 N–H and O–H groups in total. The van der Waals surface area contributed by atoms with Gasteiger partial charge in [0.15, 0.2) is 0 Å². The number of para-hydroxylation sites is 1. The SMILES string of the molecule is CCN(CC)S(=O)(=O)c1ccc(CCC(=O)NCc2cnn(-c3ccccc3)c2)cc1. The van der Waals surface area contributed by atoms with Gasteiger partial charge in [0, 0.05) is 37.8 Å². The van der Waals surface area contributed by atoms with Crippen LogP contribution in [0.15, 0.2) is 71.9 Å². The van der Waals surface area contributed by atoms with Crippen LogP contribution in [-0.4, -0.2) is 41.5 Å². The van der Waals surface area contributed by atoms with Gasteiger partial charge in [-0.25, -0.2) is 13.1 Å². The Balaban J connectivity index is 1.49. The summed E-state index contributed by atoms with van der Waals surface area (Å²) in [6.45, 7) is 4.92. The van der Waals surface area contributed by atoms with Crippen molar-refractivity contribution in [1.29, 1.82) is 0 Å². The van der Waals surface area contributed by atoms with Gasteiger partial charge in [-0.15, -0.1) is 0 Å². The maximum Gasteiger partial charge on any atom is 0.243 e. The van der Waals surface area contributed by atoms with E-state index >= 15 is 0 Å². The van der Waals surface area contributed by atoms with Crippen LogP contribution in [0, 0.1) is 0 Å². The molecule has 164 valence electrons. The Morgan fingerprint density at radius 3 is 2.32 bits per heavy atom. The van der Waals surface area contributed by atoms with E-state index < -0.39 is 10.0 Å². The van der Waals surface area contributed by atoms with Gasteiger partial charge in [-0.1, -0.05) is 44.2 Å². The number of hydrogen-bond donors (Lipinski definition) is 1. The van der Waals surface area contributed by atoms with Gasteiger partial charge in [-0.3, -0.25) is 4.79 Å². The normalized spacial score (nSPS) is 11.6. The predicted octanol–water partition coefficient (Wildman–Crippen LogP) is 3.15. The zero-order valence-corrected chi connectivity index (χ0v) is 18.7. The zero-order valence-electron chi connectivity index (χ0n) is 17.9. The van der Waals surface area contributed by atoms with Crippen molar-refractivity contribution < 1.29 is 13.2 Å². The molecular weight excluding hydrogens is 412 g/mol. The summed E-state index contributed by atoms with van der Waals surface area (Å²) in [6.07, 6.45) is 4.50. The minimum atomic E-state index is -3.46. The third kappa shape index (κ3) is 5.80. The first kappa shape index (κ1) is 22.7. The summed E-state index contributed by atoms with van der Waals surface area (Å²) in [4.78, 5) is 12.5. The molecule has 0 unspecified atom stereocenters. The Morgan fingerprint density at radius 2 is 1.68 bits per heavy atom. The van der Waals surface area contributed by atoms with E-state index in [1.54, 1.807) is 35.1 Å². The average Bonchev–Trinajstić information content (AvgIpc) is 3.27. The summed E-state index contributed by atoms with van der Waals surface area (Å²) < 4.78 is 28.3. The number of nitrogens with zero attached hydrogens (tertiary/aromatic N) is 3. The van der Waals surface area contributed by atoms with E-state index in [2.05, 4.69) is 10.4 Å². The van der Waals surface area contributed by atoms with Crippen molar-refractivity contribution in [1.82, 2.24) is 19.4 Å². The van der Waals surface area contributed by atoms with Gasteiger partial charge in [0.25, 0.3) is 0 Å². The van der Waals surface area contributed by atoms with Crippen molar-refractivity contribution in [3.05, 3.63) is 78.1 Å². The fourth-order valence-electron chi connectivity index (χ4n) is 3.26. The van der Waals surface area contributed by atoms with Crippen LogP contribution in [0.25, 0.3) is 5.69 Å². The molecule has 0 atom stereocenters. The highest BCUT2D eigenvalue weighted by atomic mass is 32.2. The molecular formula is C23H28N4O3S. The number of amides is 1. The molecule has 2 aromatic carbocycles. The van der Waals surface area contributed by atoms with Gasteiger partial charge in [0.05, 0.1) is 16.8 Å². The zero-order chi connectivity index (χ0) is 22.3. The van der Waals surface area contributed by atoms with Crippen molar-refractivity contribution in [2.75, 3.05) is 13.1 Å². The van der Waals surface area contributed by atoms with Crippen molar-refractivity contribution in [3.63, 3.8) is 0 Å². The number of aromatic nitrogens is 2. The van der Waals surface area contributed by atoms with Gasteiger partial charge >= 0.3 is 0 Å². The number of benzene rings is 2. The lowest BCUT2D eigenvalue weighted by Gasteiger charge is -2.18. The fraction of sp³-hybridized carbons (Fsp3) is 0.304. The van der Waals surface area contributed by atoms with Crippen molar-refractivity contribution in [2.45, 2.75) is 38.1 Å². The lowest BCUT2D eigenvalue weighted by Crippen LogP contribution is -2.30. The van der Waals surface area contributed by atoms with E-state index in [-0.39, 0.29) is 10.8 Å². The summed E-state index contributed by atoms with van der Waals surface area (Å²) in [5.74, 6) is -0.0627. The first-order valence-corrected chi connectivity index (χ1v) is 11.8. The number of carbonyl (C=O) groups excluding carboxylic acids is 1. The van der Waals surface area contributed by atoms with E-state index in [4.69, 9.17) is 0 Å². The van der Waals surface area contributed by atoms with E-state index in [0.717, 1.165) is 16.8 Å². The number of aryl methyl sites for hydroxylation is 1. The lowest BCUT2D eigenvalue weighted by atomic mass is 10.1. The van der Waals surface area contributed by atoms with Crippen LogP contribution >= 0.6 is 0 Å². The minimum Gasteiger partial charge on any atom is -0.352 e. The Kier molecular flexibility index (Phi) is 7.59. The summed E-state index contributed by atoms with van der Waals surface area (Å²) in [7, 11) is -3.46. The molecule has 0 spiro atoms. The van der Waals surface area contributed by atoms with Crippen molar-refractivity contribution in [2.24, 2.45) is 0 Å². The molecule has 0 aliphatic carbocycles. The fourth-order valence-corrected chi connectivity index (χ4v) is 4.72. The standard InChI is InChI=1S/C23H28N4O3S/c1-3-26(4-2)31(29,30)22-13-10-19(11-14-22)12-15-23(28)24-16-20-17-25-27(18-20)21-8-6-5-7-9-21/h5-11,13-14,17-18H,3-4,12,15-16H2,1-2H3,(H,24,28). The van der Waals surface area contributed by atoms with E-state index in [0.29, 0.717) is 32.5 Å². The largest absolute Gasteiger partial charge is 0.352 e. The predicted molar refractivity (Wildman–Crippen MR) is 120 cm³/mol. The Hall–Kier alpha value is -2.97. The molecule has 8 heteroatoms. The molecule has 0 bridgehead atoms. The topological polar surface area (TPSA) is 84.3 Å². The van der Waals surface area contributed by atoms with E-state index in [9.17, 15) is 13.2 Å². The monoisotopic (exact) mass is 440 g/mol. The molecule has 0 saturated carbocycles. The van der Waals surface area contributed by atoms with Crippen LogP contribution in [0.5, 0.6) is 0 Å². The van der Waals surface area contributed by atoms with Gasteiger partial charge in [0.1, 0.15) is 0 Å². The van der Waals surface area contributed by atoms with Crippen LogP contribution in [0.1, 0.15) is 31.4 Å². The van der Waals surface area contributed by atoms with Crippen LogP contribution in [0.4, 0.5) is 0 Å². The molecule has 3 aromatic rings. The number of nitrogens with one attached hydrogen (secondary N) is 1. The highest BCUT2D eigenvalue weighted by Gasteiger charge is 2.21. The third-order valence-electron chi connectivity index (χ3n) is 5.05. The first-order chi connectivity index (χ1) is 14.9. The molecule has 3 rings (SSSR count). The molecule has 1 aromatic heterocycles.